The van der Waals surface area contributed by atoms with Crippen LogP contribution in [-0.4, -0.2) is 69.5 Å². The van der Waals surface area contributed by atoms with Crippen molar-refractivity contribution in [1.82, 2.24) is 44.9 Å². The summed E-state index contributed by atoms with van der Waals surface area (Å²) in [5.74, 6) is 0.139. The molecule has 1 fully saturated rings. The van der Waals surface area contributed by atoms with Crippen molar-refractivity contribution in [3.05, 3.63) is 160 Å². The molecule has 7 heterocycles. The molecule has 0 radical (unpaired) electrons. The maximum atomic E-state index is 13.5. The Balaban J connectivity index is 0.000000150. The van der Waals surface area contributed by atoms with Gasteiger partial charge in [0.05, 0.1) is 35.4 Å². The molecular weight excluding hydrogens is 932 g/mol. The largest absolute Gasteiger partial charge is 0.372 e. The second-order valence-electron chi connectivity index (χ2n) is 17.1. The van der Waals surface area contributed by atoms with Crippen molar-refractivity contribution in [2.45, 2.75) is 53.4 Å². The molecule has 1 saturated heterocycles. The van der Waals surface area contributed by atoms with Gasteiger partial charge in [0.1, 0.15) is 25.8 Å². The van der Waals surface area contributed by atoms with Crippen molar-refractivity contribution in [3.8, 4) is 11.3 Å². The topological polar surface area (TPSA) is 162 Å². The van der Waals surface area contributed by atoms with Crippen LogP contribution in [0.25, 0.3) is 44.7 Å². The second-order valence-corrected chi connectivity index (χ2v) is 18.8. The molecule has 0 spiro atoms. The van der Waals surface area contributed by atoms with E-state index >= 15 is 0 Å². The lowest BCUT2D eigenvalue weighted by Crippen LogP contribution is -2.27. The molecule has 0 atom stereocenters. The molecular formula is C50H48Br2N10O2. The zero-order valence-electron chi connectivity index (χ0n) is 36.1. The first kappa shape index (κ1) is 44.2. The molecule has 64 heavy (non-hydrogen) atoms. The summed E-state index contributed by atoms with van der Waals surface area (Å²) in [5, 5.41) is 0. The fraction of sp³-hybridized carbons (Fsp3) is 0.240. The van der Waals surface area contributed by atoms with Crippen LogP contribution in [0.1, 0.15) is 72.4 Å². The van der Waals surface area contributed by atoms with Gasteiger partial charge in [-0.15, -0.1) is 0 Å². The number of aromatic nitrogens is 9. The maximum Gasteiger partial charge on any atom is 0.172 e. The fourth-order valence-corrected chi connectivity index (χ4v) is 8.57. The number of H-pyrrole nitrogens is 3. The smallest absolute Gasteiger partial charge is 0.172 e. The first-order chi connectivity index (χ1) is 30.8. The van der Waals surface area contributed by atoms with Gasteiger partial charge in [-0.2, -0.15) is 0 Å². The zero-order chi connectivity index (χ0) is 44.8. The Morgan fingerprint density at radius 1 is 0.609 bits per heavy atom. The predicted octanol–water partition coefficient (Wildman–Crippen LogP) is 11.6. The van der Waals surface area contributed by atoms with Crippen LogP contribution in [0.15, 0.2) is 137 Å². The number of carbonyl (C=O) groups excluding carboxylic acids is 2. The van der Waals surface area contributed by atoms with Crippen molar-refractivity contribution in [2.75, 3.05) is 18.0 Å². The van der Waals surface area contributed by atoms with Gasteiger partial charge in [-0.1, -0.05) is 100 Å². The number of aromatic amines is 3. The molecule has 0 saturated carbocycles. The molecule has 9 aromatic rings. The summed E-state index contributed by atoms with van der Waals surface area (Å²) in [7, 11) is 0. The summed E-state index contributed by atoms with van der Waals surface area (Å²) in [4.78, 5) is 64.3. The highest BCUT2D eigenvalue weighted by Crippen LogP contribution is 2.33. The Morgan fingerprint density at radius 2 is 1.14 bits per heavy atom. The Labute approximate surface area is 388 Å². The number of fused-ring (bicyclic) bond motifs is 3. The molecule has 6 aromatic heterocycles. The minimum Gasteiger partial charge on any atom is -0.372 e. The molecule has 1 aliphatic rings. The van der Waals surface area contributed by atoms with Gasteiger partial charge in [0.2, 0.25) is 0 Å². The molecule has 1 aliphatic heterocycles. The number of halogens is 2. The van der Waals surface area contributed by atoms with Crippen molar-refractivity contribution in [3.63, 3.8) is 0 Å². The number of rotatable bonds is 10. The minimum absolute atomic E-state index is 0.0648. The number of benzene rings is 3. The summed E-state index contributed by atoms with van der Waals surface area (Å²) in [6.45, 7) is 10.1. The highest BCUT2D eigenvalue weighted by molar-refractivity contribution is 9.10. The van der Waals surface area contributed by atoms with E-state index in [9.17, 15) is 9.59 Å². The molecule has 14 heteroatoms. The minimum atomic E-state index is -0.552. The lowest BCUT2D eigenvalue weighted by molar-refractivity contribution is 0.0833. The van der Waals surface area contributed by atoms with Crippen molar-refractivity contribution in [2.24, 2.45) is 10.8 Å². The molecule has 324 valence electrons. The van der Waals surface area contributed by atoms with E-state index in [0.29, 0.717) is 50.9 Å². The van der Waals surface area contributed by atoms with E-state index < -0.39 is 10.8 Å². The molecule has 0 aliphatic carbocycles. The molecule has 3 aromatic carbocycles. The summed E-state index contributed by atoms with van der Waals surface area (Å²) in [5.41, 5.74) is 9.67. The van der Waals surface area contributed by atoms with E-state index in [2.05, 4.69) is 113 Å². The normalized spacial score (nSPS) is 12.8. The number of Topliss-reactive ketones (excluding diaryl/α,β-unsaturated/α-hetero) is 2. The van der Waals surface area contributed by atoms with Gasteiger partial charge in [-0.3, -0.25) is 9.59 Å². The number of ketones is 2. The van der Waals surface area contributed by atoms with Crippen LogP contribution >= 0.6 is 31.9 Å². The lowest BCUT2D eigenvalue weighted by Gasteiger charge is -2.22. The first-order valence-electron chi connectivity index (χ1n) is 21.2. The van der Waals surface area contributed by atoms with Gasteiger partial charge in [0.15, 0.2) is 28.5 Å². The molecule has 10 rings (SSSR count). The van der Waals surface area contributed by atoms with E-state index in [-0.39, 0.29) is 11.6 Å². The standard InChI is InChI=1S/C27H28N4O.C17H16BrN3O.C6H4BrN3/c1-27(2,16-19-9-4-3-5-10-19)25(32)22-17-28-26-24(22)30-23(18-29-26)20-11-8-12-21(15-20)31-13-6-7-14-31;1-17(2,8-11-6-4-3-5-7-11)15(22)12-9-19-16-14(12)21-13(18)10-20-16;7-5-3-9-6-4(10-5)1-2-8-6/h3-5,8-12,15,17-18H,6-7,13-14,16H2,1-2H3,(H,28,29);3-7,9-10H,8H2,1-2H3,(H,19,20);1-3H,(H,8,9). The zero-order valence-corrected chi connectivity index (χ0v) is 39.2. The lowest BCUT2D eigenvalue weighted by atomic mass is 9.79. The average molecular weight is 981 g/mol. The van der Waals surface area contributed by atoms with Crippen molar-refractivity contribution < 1.29 is 9.59 Å². The van der Waals surface area contributed by atoms with E-state index in [1.165, 1.54) is 18.5 Å². The van der Waals surface area contributed by atoms with E-state index in [0.717, 1.165) is 51.2 Å². The predicted molar refractivity (Wildman–Crippen MR) is 260 cm³/mol. The quantitative estimate of drug-likeness (QED) is 0.113. The molecule has 0 amide bonds. The molecule has 12 nitrogen and oxygen atoms in total. The number of anilines is 1. The third kappa shape index (κ3) is 10.2. The Bertz CT molecular complexity index is 3050. The van der Waals surface area contributed by atoms with Gasteiger partial charge >= 0.3 is 0 Å². The number of carbonyl (C=O) groups is 2. The third-order valence-electron chi connectivity index (χ3n) is 11.3. The van der Waals surface area contributed by atoms with Gasteiger partial charge in [-0.25, -0.2) is 29.9 Å². The average Bonchev–Trinajstić information content (AvgIpc) is 4.14. The fourth-order valence-electron chi connectivity index (χ4n) is 7.99. The Morgan fingerprint density at radius 3 is 1.73 bits per heavy atom. The molecule has 0 bridgehead atoms. The highest BCUT2D eigenvalue weighted by atomic mass is 79.9. The van der Waals surface area contributed by atoms with Crippen LogP contribution < -0.4 is 4.90 Å². The second kappa shape index (κ2) is 19.2. The number of nitrogens with zero attached hydrogens (tertiary/aromatic N) is 7. The molecule has 0 unspecified atom stereocenters. The van der Waals surface area contributed by atoms with E-state index in [4.69, 9.17) is 4.98 Å². The Kier molecular flexibility index (Phi) is 13.2. The maximum absolute atomic E-state index is 13.5. The Hall–Kier alpha value is -6.38. The van der Waals surface area contributed by atoms with Gasteiger partial charge in [-0.05, 0) is 86.9 Å². The van der Waals surface area contributed by atoms with Crippen LogP contribution in [0, 0.1) is 10.8 Å². The highest BCUT2D eigenvalue weighted by Gasteiger charge is 2.33. The number of nitrogens with one attached hydrogen (secondary N) is 3. The van der Waals surface area contributed by atoms with E-state index in [1.807, 2.05) is 88.5 Å². The van der Waals surface area contributed by atoms with Crippen LogP contribution in [0.2, 0.25) is 0 Å². The van der Waals surface area contributed by atoms with Gasteiger partial charge < -0.3 is 19.9 Å². The number of hydrogen-bond acceptors (Lipinski definition) is 9. The number of hydrogen-bond donors (Lipinski definition) is 3. The van der Waals surface area contributed by atoms with Crippen LogP contribution in [0.3, 0.4) is 0 Å². The van der Waals surface area contributed by atoms with Crippen LogP contribution in [-0.2, 0) is 12.8 Å². The van der Waals surface area contributed by atoms with Crippen molar-refractivity contribution in [1.29, 1.82) is 0 Å². The first-order valence-corrected chi connectivity index (χ1v) is 22.8. The van der Waals surface area contributed by atoms with Crippen molar-refractivity contribution >= 4 is 82.6 Å². The van der Waals surface area contributed by atoms with Crippen LogP contribution in [0.4, 0.5) is 5.69 Å². The van der Waals surface area contributed by atoms with Crippen LogP contribution in [0.5, 0.6) is 0 Å². The summed E-state index contributed by atoms with van der Waals surface area (Å²) in [6.07, 6.45) is 14.2. The monoisotopic (exact) mass is 978 g/mol. The molecule has 3 N–H and O–H groups in total. The van der Waals surface area contributed by atoms with Gasteiger partial charge in [0.25, 0.3) is 0 Å². The third-order valence-corrected chi connectivity index (χ3v) is 12.0. The summed E-state index contributed by atoms with van der Waals surface area (Å²) < 4.78 is 1.38. The summed E-state index contributed by atoms with van der Waals surface area (Å²) in [6, 6.07) is 30.5. The van der Waals surface area contributed by atoms with Gasteiger partial charge in [0, 0.05) is 53.8 Å². The van der Waals surface area contributed by atoms with E-state index in [1.54, 1.807) is 31.0 Å². The SMILES string of the molecule is Brc1cnc2[nH]ccc2n1.CC(C)(Cc1ccccc1)C(=O)c1c[nH]c2ncc(-c3cccc(N4CCCC4)c3)nc12.CC(C)(Cc1ccccc1)C(=O)c1c[nH]c2ncc(Br)nc12. The summed E-state index contributed by atoms with van der Waals surface area (Å²) >= 11 is 6.54.